The first kappa shape index (κ1) is 26.3. The molecule has 0 aromatic heterocycles. The Kier molecular flexibility index (Phi) is 8.13. The summed E-state index contributed by atoms with van der Waals surface area (Å²) in [5.41, 5.74) is 4.46. The number of aliphatic imine (C=N–C) groups is 1. The van der Waals surface area contributed by atoms with Gasteiger partial charge in [0.2, 0.25) is 5.91 Å². The standard InChI is InChI=1S/C31H29N3O4S/c1-3-38-30(36)27-28(22-12-8-5-9-13-22)33-31-34(29(27)23-14-16-25(37-2)17-15-23)24(20-39-31)18-26(35)32-19-21-10-6-4-7-11-21/h4-17,20,29H,3,18-19H2,1-2H3,(H,32,35). The van der Waals surface area contributed by atoms with Gasteiger partial charge in [-0.05, 0) is 35.6 Å². The van der Waals surface area contributed by atoms with E-state index in [-0.39, 0.29) is 18.9 Å². The lowest BCUT2D eigenvalue weighted by molar-refractivity contribution is -0.139. The number of nitrogens with zero attached hydrogens (tertiary/aromatic N) is 2. The van der Waals surface area contributed by atoms with Crippen LogP contribution in [0.2, 0.25) is 0 Å². The highest BCUT2D eigenvalue weighted by Gasteiger charge is 2.42. The van der Waals surface area contributed by atoms with E-state index in [9.17, 15) is 9.59 Å². The number of ether oxygens (including phenoxy) is 2. The molecule has 8 heteroatoms. The lowest BCUT2D eigenvalue weighted by atomic mass is 9.91. The van der Waals surface area contributed by atoms with Gasteiger partial charge in [-0.1, -0.05) is 84.6 Å². The molecule has 2 heterocycles. The minimum Gasteiger partial charge on any atom is -0.497 e. The Morgan fingerprint density at radius 1 is 0.974 bits per heavy atom. The van der Waals surface area contributed by atoms with Gasteiger partial charge in [0.05, 0.1) is 37.4 Å². The highest BCUT2D eigenvalue weighted by molar-refractivity contribution is 8.16. The molecule has 0 saturated heterocycles. The topological polar surface area (TPSA) is 80.2 Å². The molecule has 198 valence electrons. The van der Waals surface area contributed by atoms with E-state index in [1.54, 1.807) is 14.0 Å². The van der Waals surface area contributed by atoms with Crippen molar-refractivity contribution in [2.45, 2.75) is 25.9 Å². The van der Waals surface area contributed by atoms with Crippen LogP contribution in [-0.2, 0) is 20.9 Å². The summed E-state index contributed by atoms with van der Waals surface area (Å²) in [5.74, 6) is 0.154. The molecule has 0 saturated carbocycles. The monoisotopic (exact) mass is 539 g/mol. The lowest BCUT2D eigenvalue weighted by Gasteiger charge is -2.36. The van der Waals surface area contributed by atoms with Gasteiger partial charge >= 0.3 is 5.97 Å². The van der Waals surface area contributed by atoms with E-state index in [0.29, 0.717) is 28.7 Å². The van der Waals surface area contributed by atoms with Gasteiger partial charge in [0.1, 0.15) is 5.75 Å². The summed E-state index contributed by atoms with van der Waals surface area (Å²) >= 11 is 1.45. The maximum atomic E-state index is 13.6. The molecule has 39 heavy (non-hydrogen) atoms. The molecule has 2 aliphatic rings. The van der Waals surface area contributed by atoms with Crippen LogP contribution in [0.25, 0.3) is 5.70 Å². The van der Waals surface area contributed by atoms with Gasteiger partial charge in [0, 0.05) is 17.8 Å². The number of fused-ring (bicyclic) bond motifs is 1. The molecule has 1 N–H and O–H groups in total. The van der Waals surface area contributed by atoms with Crippen LogP contribution in [0, 0.1) is 0 Å². The van der Waals surface area contributed by atoms with E-state index in [1.807, 2.05) is 95.2 Å². The second kappa shape index (κ2) is 12.0. The SMILES string of the molecule is CCOC(=O)C1=C(c2ccccc2)N=C2SC=C(CC(=O)NCc3ccccc3)N2C1c1ccc(OC)cc1. The Balaban J connectivity index is 1.53. The van der Waals surface area contributed by atoms with Crippen molar-refractivity contribution < 1.29 is 19.1 Å². The number of carbonyl (C=O) groups is 2. The number of rotatable bonds is 9. The fraction of sp³-hybridized carbons (Fsp3) is 0.194. The van der Waals surface area contributed by atoms with Gasteiger partial charge in [-0.25, -0.2) is 9.79 Å². The van der Waals surface area contributed by atoms with Gasteiger partial charge in [0.15, 0.2) is 5.17 Å². The predicted molar refractivity (Wildman–Crippen MR) is 154 cm³/mol. The minimum atomic E-state index is -0.541. The number of nitrogens with one attached hydrogen (secondary N) is 1. The summed E-state index contributed by atoms with van der Waals surface area (Å²) in [6.45, 7) is 2.46. The van der Waals surface area contributed by atoms with Crippen LogP contribution in [-0.4, -0.2) is 35.7 Å². The average Bonchev–Trinajstić information content (AvgIpc) is 3.38. The van der Waals surface area contributed by atoms with Gasteiger partial charge < -0.3 is 19.7 Å². The summed E-state index contributed by atoms with van der Waals surface area (Å²) < 4.78 is 10.9. The van der Waals surface area contributed by atoms with E-state index in [4.69, 9.17) is 14.5 Å². The Hall–Kier alpha value is -4.30. The summed E-state index contributed by atoms with van der Waals surface area (Å²) in [7, 11) is 1.61. The Morgan fingerprint density at radius 2 is 1.67 bits per heavy atom. The number of amidine groups is 1. The van der Waals surface area contributed by atoms with E-state index < -0.39 is 12.0 Å². The predicted octanol–water partition coefficient (Wildman–Crippen LogP) is 5.68. The van der Waals surface area contributed by atoms with Crippen molar-refractivity contribution in [3.63, 3.8) is 0 Å². The highest BCUT2D eigenvalue weighted by Crippen LogP contribution is 2.47. The molecule has 0 bridgehead atoms. The number of esters is 1. The number of hydrogen-bond donors (Lipinski definition) is 1. The highest BCUT2D eigenvalue weighted by atomic mass is 32.2. The Bertz CT molecular complexity index is 1430. The van der Waals surface area contributed by atoms with Crippen molar-refractivity contribution >= 4 is 34.5 Å². The molecule has 1 unspecified atom stereocenters. The number of benzene rings is 3. The van der Waals surface area contributed by atoms with E-state index in [1.165, 1.54) is 11.8 Å². The molecular weight excluding hydrogens is 510 g/mol. The van der Waals surface area contributed by atoms with E-state index in [2.05, 4.69) is 5.32 Å². The molecule has 1 amide bonds. The molecule has 7 nitrogen and oxygen atoms in total. The number of thioether (sulfide) groups is 1. The molecule has 5 rings (SSSR count). The quantitative estimate of drug-likeness (QED) is 0.353. The number of amides is 1. The fourth-order valence-corrected chi connectivity index (χ4v) is 5.53. The second-order valence-corrected chi connectivity index (χ2v) is 9.79. The first-order valence-corrected chi connectivity index (χ1v) is 13.6. The van der Waals surface area contributed by atoms with Gasteiger partial charge in [-0.15, -0.1) is 0 Å². The van der Waals surface area contributed by atoms with Crippen molar-refractivity contribution in [1.82, 2.24) is 10.2 Å². The summed E-state index contributed by atoms with van der Waals surface area (Å²) in [6.07, 6.45) is 0.141. The second-order valence-electron chi connectivity index (χ2n) is 8.95. The third-order valence-corrected chi connectivity index (χ3v) is 7.35. The third kappa shape index (κ3) is 5.76. The number of carbonyl (C=O) groups excluding carboxylic acids is 2. The van der Waals surface area contributed by atoms with Crippen molar-refractivity contribution in [1.29, 1.82) is 0 Å². The summed E-state index contributed by atoms with van der Waals surface area (Å²) in [5, 5.41) is 5.65. The zero-order valence-corrected chi connectivity index (χ0v) is 22.6. The summed E-state index contributed by atoms with van der Waals surface area (Å²) in [4.78, 5) is 33.5. The molecule has 0 radical (unpaired) electrons. The maximum Gasteiger partial charge on any atom is 0.338 e. The fourth-order valence-electron chi connectivity index (χ4n) is 4.61. The van der Waals surface area contributed by atoms with Gasteiger partial charge in [0.25, 0.3) is 0 Å². The van der Waals surface area contributed by atoms with Crippen LogP contribution in [0.5, 0.6) is 5.75 Å². The normalized spacial score (nSPS) is 16.3. The first-order valence-electron chi connectivity index (χ1n) is 12.7. The Labute approximate surface area is 232 Å². The number of hydrogen-bond acceptors (Lipinski definition) is 7. The first-order chi connectivity index (χ1) is 19.1. The number of methoxy groups -OCH3 is 1. The van der Waals surface area contributed by atoms with Crippen LogP contribution in [0.1, 0.15) is 36.1 Å². The molecule has 3 aromatic rings. The summed E-state index contributed by atoms with van der Waals surface area (Å²) in [6, 6.07) is 26.5. The van der Waals surface area contributed by atoms with Crippen LogP contribution in [0.3, 0.4) is 0 Å². The smallest absolute Gasteiger partial charge is 0.338 e. The van der Waals surface area contributed by atoms with Crippen LogP contribution >= 0.6 is 11.8 Å². The van der Waals surface area contributed by atoms with Gasteiger partial charge in [-0.2, -0.15) is 0 Å². The molecule has 3 aromatic carbocycles. The maximum absolute atomic E-state index is 13.6. The molecular formula is C31H29N3O4S. The van der Waals surface area contributed by atoms with Crippen LogP contribution in [0.15, 0.2) is 107 Å². The lowest BCUT2D eigenvalue weighted by Crippen LogP contribution is -2.38. The van der Waals surface area contributed by atoms with Gasteiger partial charge in [-0.3, -0.25) is 4.79 Å². The van der Waals surface area contributed by atoms with E-state index in [0.717, 1.165) is 22.4 Å². The third-order valence-electron chi connectivity index (χ3n) is 6.46. The zero-order valence-electron chi connectivity index (χ0n) is 21.8. The van der Waals surface area contributed by atoms with Crippen molar-refractivity contribution in [2.75, 3.05) is 13.7 Å². The van der Waals surface area contributed by atoms with Crippen LogP contribution < -0.4 is 10.1 Å². The van der Waals surface area contributed by atoms with Crippen LogP contribution in [0.4, 0.5) is 0 Å². The minimum absolute atomic E-state index is 0.115. The average molecular weight is 540 g/mol. The molecule has 0 spiro atoms. The zero-order chi connectivity index (χ0) is 27.2. The molecule has 2 aliphatic heterocycles. The molecule has 0 aliphatic carbocycles. The largest absolute Gasteiger partial charge is 0.497 e. The van der Waals surface area contributed by atoms with Crippen molar-refractivity contribution in [3.8, 4) is 5.75 Å². The van der Waals surface area contributed by atoms with Crippen molar-refractivity contribution in [2.24, 2.45) is 4.99 Å². The molecule has 1 atom stereocenters. The molecule has 0 fully saturated rings. The van der Waals surface area contributed by atoms with Crippen molar-refractivity contribution in [3.05, 3.63) is 118 Å². The Morgan fingerprint density at radius 3 is 2.33 bits per heavy atom. The van der Waals surface area contributed by atoms with E-state index >= 15 is 0 Å².